The van der Waals surface area contributed by atoms with Crippen molar-refractivity contribution in [3.05, 3.63) is 94.2 Å². The average Bonchev–Trinajstić information content (AvgIpc) is 3.06. The molecule has 0 spiro atoms. The molecule has 0 atom stereocenters. The van der Waals surface area contributed by atoms with Crippen molar-refractivity contribution in [2.45, 2.75) is 20.5 Å². The standard InChI is InChI=1S/C25H22O4/c1-16-8-4-5-9-18(16)14-23-24(26)20-12-13-21(17(2)25(20)29-23)28-15-19-10-6-7-11-22(19)27-3/h4-14H,15H2,1-3H3/b23-14-. The van der Waals surface area contributed by atoms with Gasteiger partial charge in [0.25, 0.3) is 0 Å². The van der Waals surface area contributed by atoms with Gasteiger partial charge in [0.1, 0.15) is 23.9 Å². The van der Waals surface area contributed by atoms with E-state index in [9.17, 15) is 4.79 Å². The molecule has 0 saturated carbocycles. The van der Waals surface area contributed by atoms with Crippen LogP contribution in [0.2, 0.25) is 0 Å². The van der Waals surface area contributed by atoms with Gasteiger partial charge < -0.3 is 14.2 Å². The Balaban J connectivity index is 1.59. The summed E-state index contributed by atoms with van der Waals surface area (Å²) in [6, 6.07) is 19.2. The molecule has 0 bridgehead atoms. The fourth-order valence-corrected chi connectivity index (χ4v) is 3.39. The number of ether oxygens (including phenoxy) is 3. The molecule has 4 nitrogen and oxygen atoms in total. The molecule has 29 heavy (non-hydrogen) atoms. The Labute approximate surface area is 170 Å². The highest BCUT2D eigenvalue weighted by atomic mass is 16.5. The fourth-order valence-electron chi connectivity index (χ4n) is 3.39. The van der Waals surface area contributed by atoms with E-state index in [1.54, 1.807) is 19.3 Å². The molecule has 1 aliphatic rings. The van der Waals surface area contributed by atoms with Crippen molar-refractivity contribution < 1.29 is 19.0 Å². The van der Waals surface area contributed by atoms with Gasteiger partial charge in [-0.3, -0.25) is 4.79 Å². The van der Waals surface area contributed by atoms with Crippen molar-refractivity contribution in [3.63, 3.8) is 0 Å². The zero-order valence-electron chi connectivity index (χ0n) is 16.7. The second kappa shape index (κ2) is 7.84. The highest BCUT2D eigenvalue weighted by Gasteiger charge is 2.30. The molecule has 0 aromatic heterocycles. The summed E-state index contributed by atoms with van der Waals surface area (Å²) < 4.78 is 17.3. The molecule has 1 aliphatic heterocycles. The second-order valence-corrected chi connectivity index (χ2v) is 6.96. The minimum atomic E-state index is -0.109. The number of para-hydroxylation sites is 1. The highest BCUT2D eigenvalue weighted by Crippen LogP contribution is 2.39. The van der Waals surface area contributed by atoms with Crippen LogP contribution in [-0.4, -0.2) is 12.9 Å². The Morgan fingerprint density at radius 1 is 0.931 bits per heavy atom. The molecule has 3 aromatic rings. The third kappa shape index (κ3) is 3.61. The molecule has 146 valence electrons. The summed E-state index contributed by atoms with van der Waals surface area (Å²) in [5.74, 6) is 2.25. The number of aryl methyl sites for hydroxylation is 1. The Kier molecular flexibility index (Phi) is 5.09. The Bertz CT molecular complexity index is 1110. The first kappa shape index (κ1) is 18.8. The Morgan fingerprint density at radius 3 is 2.48 bits per heavy atom. The maximum atomic E-state index is 12.8. The van der Waals surface area contributed by atoms with Gasteiger partial charge in [0.2, 0.25) is 5.78 Å². The topological polar surface area (TPSA) is 44.8 Å². The lowest BCUT2D eigenvalue weighted by Gasteiger charge is -2.13. The van der Waals surface area contributed by atoms with Gasteiger partial charge >= 0.3 is 0 Å². The van der Waals surface area contributed by atoms with Crippen molar-refractivity contribution >= 4 is 11.9 Å². The number of rotatable bonds is 5. The van der Waals surface area contributed by atoms with Gasteiger partial charge in [-0.15, -0.1) is 0 Å². The summed E-state index contributed by atoms with van der Waals surface area (Å²) in [6.45, 7) is 4.28. The molecule has 3 aromatic carbocycles. The summed E-state index contributed by atoms with van der Waals surface area (Å²) >= 11 is 0. The Morgan fingerprint density at radius 2 is 1.69 bits per heavy atom. The van der Waals surface area contributed by atoms with Gasteiger partial charge in [0, 0.05) is 11.1 Å². The van der Waals surface area contributed by atoms with Crippen LogP contribution in [0.5, 0.6) is 17.2 Å². The number of benzene rings is 3. The number of carbonyl (C=O) groups excluding carboxylic acids is 1. The molecule has 0 unspecified atom stereocenters. The predicted molar refractivity (Wildman–Crippen MR) is 113 cm³/mol. The van der Waals surface area contributed by atoms with E-state index < -0.39 is 0 Å². The summed E-state index contributed by atoms with van der Waals surface area (Å²) in [4.78, 5) is 12.8. The molecule has 0 fully saturated rings. The van der Waals surface area contributed by atoms with E-state index in [2.05, 4.69) is 0 Å². The van der Waals surface area contributed by atoms with Gasteiger partial charge in [-0.2, -0.15) is 0 Å². The van der Waals surface area contributed by atoms with E-state index in [1.165, 1.54) is 0 Å². The minimum absolute atomic E-state index is 0.109. The van der Waals surface area contributed by atoms with Crippen LogP contribution in [0.3, 0.4) is 0 Å². The third-order valence-electron chi connectivity index (χ3n) is 5.09. The number of methoxy groups -OCH3 is 1. The maximum Gasteiger partial charge on any atom is 0.231 e. The minimum Gasteiger partial charge on any atom is -0.496 e. The van der Waals surface area contributed by atoms with Crippen LogP contribution in [0.1, 0.15) is 32.6 Å². The molecular weight excluding hydrogens is 364 g/mol. The molecule has 4 rings (SSSR count). The summed E-state index contributed by atoms with van der Waals surface area (Å²) in [7, 11) is 1.64. The molecule has 0 amide bonds. The quantitative estimate of drug-likeness (QED) is 0.543. The van der Waals surface area contributed by atoms with Crippen LogP contribution >= 0.6 is 0 Å². The van der Waals surface area contributed by atoms with Gasteiger partial charge in [-0.25, -0.2) is 0 Å². The fraction of sp³-hybridized carbons (Fsp3) is 0.160. The van der Waals surface area contributed by atoms with E-state index in [4.69, 9.17) is 14.2 Å². The number of fused-ring (bicyclic) bond motifs is 1. The third-order valence-corrected chi connectivity index (χ3v) is 5.09. The summed E-state index contributed by atoms with van der Waals surface area (Å²) in [5, 5.41) is 0. The van der Waals surface area contributed by atoms with Crippen LogP contribution in [0.25, 0.3) is 6.08 Å². The Hall–Kier alpha value is -3.53. The zero-order chi connectivity index (χ0) is 20.4. The van der Waals surface area contributed by atoms with Crippen LogP contribution in [0.4, 0.5) is 0 Å². The van der Waals surface area contributed by atoms with E-state index in [0.717, 1.165) is 28.0 Å². The van der Waals surface area contributed by atoms with Gasteiger partial charge in [0.05, 0.1) is 12.7 Å². The zero-order valence-corrected chi connectivity index (χ0v) is 16.7. The lowest BCUT2D eigenvalue weighted by molar-refractivity contribution is 0.101. The highest BCUT2D eigenvalue weighted by molar-refractivity contribution is 6.15. The molecule has 4 heteroatoms. The van der Waals surface area contributed by atoms with E-state index in [0.29, 0.717) is 29.4 Å². The van der Waals surface area contributed by atoms with Crippen molar-refractivity contribution in [1.29, 1.82) is 0 Å². The second-order valence-electron chi connectivity index (χ2n) is 6.96. The van der Waals surface area contributed by atoms with Crippen molar-refractivity contribution in [1.82, 2.24) is 0 Å². The largest absolute Gasteiger partial charge is 0.496 e. The normalized spacial score (nSPS) is 13.9. The monoisotopic (exact) mass is 386 g/mol. The van der Waals surface area contributed by atoms with Crippen molar-refractivity contribution in [2.75, 3.05) is 7.11 Å². The molecule has 0 saturated heterocycles. The number of hydrogen-bond acceptors (Lipinski definition) is 4. The van der Waals surface area contributed by atoms with Crippen LogP contribution < -0.4 is 14.2 Å². The summed E-state index contributed by atoms with van der Waals surface area (Å²) in [6.07, 6.45) is 1.80. The van der Waals surface area contributed by atoms with Crippen molar-refractivity contribution in [3.8, 4) is 17.2 Å². The predicted octanol–water partition coefficient (Wildman–Crippen LogP) is 5.51. The smallest absolute Gasteiger partial charge is 0.231 e. The number of hydrogen-bond donors (Lipinski definition) is 0. The SMILES string of the molecule is COc1ccccc1COc1ccc2c(c1C)O/C(=C\c1ccccc1C)C2=O. The maximum absolute atomic E-state index is 12.8. The number of carbonyl (C=O) groups is 1. The first-order valence-electron chi connectivity index (χ1n) is 9.46. The van der Waals surface area contributed by atoms with E-state index in [-0.39, 0.29) is 5.78 Å². The van der Waals surface area contributed by atoms with Crippen LogP contribution in [0.15, 0.2) is 66.4 Å². The van der Waals surface area contributed by atoms with Gasteiger partial charge in [0.15, 0.2) is 5.76 Å². The molecular formula is C25H22O4. The summed E-state index contributed by atoms with van der Waals surface area (Å²) in [5.41, 5.74) is 4.37. The van der Waals surface area contributed by atoms with E-state index in [1.807, 2.05) is 68.4 Å². The molecule has 0 N–H and O–H groups in total. The first-order valence-corrected chi connectivity index (χ1v) is 9.46. The molecule has 0 radical (unpaired) electrons. The van der Waals surface area contributed by atoms with Gasteiger partial charge in [-0.1, -0.05) is 42.5 Å². The lowest BCUT2D eigenvalue weighted by atomic mass is 10.0. The first-order chi connectivity index (χ1) is 14.1. The van der Waals surface area contributed by atoms with Crippen molar-refractivity contribution in [2.24, 2.45) is 0 Å². The number of Topliss-reactive ketones (excluding diaryl/α,β-unsaturated/α-hetero) is 1. The molecule has 1 heterocycles. The molecule has 0 aliphatic carbocycles. The van der Waals surface area contributed by atoms with Crippen LogP contribution in [0, 0.1) is 13.8 Å². The average molecular weight is 386 g/mol. The lowest BCUT2D eigenvalue weighted by Crippen LogP contribution is -2.00. The number of allylic oxidation sites excluding steroid dienone is 1. The van der Waals surface area contributed by atoms with Crippen LogP contribution in [-0.2, 0) is 6.61 Å². The van der Waals surface area contributed by atoms with E-state index >= 15 is 0 Å². The van der Waals surface area contributed by atoms with Gasteiger partial charge in [-0.05, 0) is 49.2 Å². The number of ketones is 1.